The van der Waals surface area contributed by atoms with Crippen LogP contribution in [0.3, 0.4) is 0 Å². The molecule has 2 nitrogen and oxygen atoms in total. The zero-order valence-corrected chi connectivity index (χ0v) is 11.2. The van der Waals surface area contributed by atoms with Crippen molar-refractivity contribution < 1.29 is 0 Å². The van der Waals surface area contributed by atoms with Gasteiger partial charge in [0.25, 0.3) is 0 Å². The maximum absolute atomic E-state index is 6.24. The Bertz CT molecular complexity index is 596. The van der Waals surface area contributed by atoms with Crippen LogP contribution in [0.25, 0.3) is 10.9 Å². The van der Waals surface area contributed by atoms with Gasteiger partial charge in [0.05, 0.1) is 5.52 Å². The molecule has 0 atom stereocenters. The number of fused-ring (bicyclic) bond motifs is 1. The topological polar surface area (TPSA) is 38.9 Å². The van der Waals surface area contributed by atoms with E-state index in [1.54, 1.807) is 0 Å². The summed E-state index contributed by atoms with van der Waals surface area (Å²) in [6, 6.07) is 6.42. The van der Waals surface area contributed by atoms with Gasteiger partial charge in [0.2, 0.25) is 0 Å². The Hall–Kier alpha value is -1.57. The molecule has 1 fully saturated rings. The molecule has 1 heterocycles. The zero-order chi connectivity index (χ0) is 12.7. The average Bonchev–Trinajstić information content (AvgIpc) is 2.80. The van der Waals surface area contributed by atoms with E-state index in [-0.39, 0.29) is 0 Å². The summed E-state index contributed by atoms with van der Waals surface area (Å²) < 4.78 is 0. The number of nitrogens with zero attached hydrogens (tertiary/aromatic N) is 1. The number of rotatable bonds is 1. The lowest BCUT2D eigenvalue weighted by Gasteiger charge is -2.13. The molecule has 1 aromatic heterocycles. The van der Waals surface area contributed by atoms with E-state index in [0.717, 1.165) is 16.6 Å². The van der Waals surface area contributed by atoms with E-state index < -0.39 is 0 Å². The highest BCUT2D eigenvalue weighted by Crippen LogP contribution is 2.36. The first-order valence-corrected chi connectivity index (χ1v) is 6.82. The van der Waals surface area contributed by atoms with Crippen molar-refractivity contribution in [2.75, 3.05) is 5.73 Å². The van der Waals surface area contributed by atoms with Crippen LogP contribution < -0.4 is 5.73 Å². The minimum Gasteiger partial charge on any atom is -0.398 e. The summed E-state index contributed by atoms with van der Waals surface area (Å²) in [5.74, 6) is 0.623. The predicted molar refractivity (Wildman–Crippen MR) is 76.8 cm³/mol. The first kappa shape index (κ1) is 11.5. The fraction of sp³-hybridized carbons (Fsp3) is 0.438. The van der Waals surface area contributed by atoms with Crippen LogP contribution >= 0.6 is 0 Å². The molecule has 1 saturated carbocycles. The molecule has 18 heavy (non-hydrogen) atoms. The molecule has 0 radical (unpaired) electrons. The number of hydrogen-bond acceptors (Lipinski definition) is 2. The van der Waals surface area contributed by atoms with E-state index in [4.69, 9.17) is 10.7 Å². The number of aryl methyl sites for hydroxylation is 2. The molecule has 0 unspecified atom stereocenters. The number of nitrogens with two attached hydrogens (primary N) is 1. The summed E-state index contributed by atoms with van der Waals surface area (Å²) in [6.07, 6.45) is 5.19. The van der Waals surface area contributed by atoms with Gasteiger partial charge in [-0.05, 0) is 49.9 Å². The first-order valence-electron chi connectivity index (χ1n) is 6.82. The summed E-state index contributed by atoms with van der Waals surface area (Å²) in [7, 11) is 0. The molecule has 0 bridgehead atoms. The van der Waals surface area contributed by atoms with Gasteiger partial charge in [0, 0.05) is 22.7 Å². The molecule has 2 N–H and O–H groups in total. The van der Waals surface area contributed by atoms with Crippen LogP contribution in [0.5, 0.6) is 0 Å². The SMILES string of the molecule is Cc1cc(C)c2c(N)cc(C3CCCC3)nc2c1. The molecule has 0 spiro atoms. The Balaban J connectivity index is 2.19. The lowest BCUT2D eigenvalue weighted by atomic mass is 9.99. The van der Waals surface area contributed by atoms with Crippen molar-refractivity contribution in [3.05, 3.63) is 35.0 Å². The standard InChI is InChI=1S/C16H20N2/c1-10-7-11(2)16-13(17)9-14(18-15(16)8-10)12-5-3-4-6-12/h7-9,12H,3-6H2,1-2H3,(H2,17,18). The van der Waals surface area contributed by atoms with Gasteiger partial charge >= 0.3 is 0 Å². The smallest absolute Gasteiger partial charge is 0.0731 e. The molecule has 1 aliphatic rings. The van der Waals surface area contributed by atoms with Crippen LogP contribution in [-0.4, -0.2) is 4.98 Å². The van der Waals surface area contributed by atoms with Crippen molar-refractivity contribution >= 4 is 16.6 Å². The molecule has 1 aliphatic carbocycles. The van der Waals surface area contributed by atoms with E-state index in [9.17, 15) is 0 Å². The van der Waals surface area contributed by atoms with Crippen LogP contribution in [0, 0.1) is 13.8 Å². The minimum absolute atomic E-state index is 0.623. The van der Waals surface area contributed by atoms with Crippen molar-refractivity contribution in [1.82, 2.24) is 4.98 Å². The Morgan fingerprint density at radius 2 is 1.83 bits per heavy atom. The van der Waals surface area contributed by atoms with Crippen LogP contribution in [0.1, 0.15) is 48.4 Å². The highest BCUT2D eigenvalue weighted by atomic mass is 14.7. The number of hydrogen-bond donors (Lipinski definition) is 1. The summed E-state index contributed by atoms with van der Waals surface area (Å²) in [5.41, 5.74) is 11.9. The Morgan fingerprint density at radius 1 is 1.11 bits per heavy atom. The fourth-order valence-electron chi connectivity index (χ4n) is 3.24. The largest absolute Gasteiger partial charge is 0.398 e. The van der Waals surface area contributed by atoms with Crippen LogP contribution in [-0.2, 0) is 0 Å². The number of pyridine rings is 1. The third kappa shape index (κ3) is 1.86. The van der Waals surface area contributed by atoms with Gasteiger partial charge < -0.3 is 5.73 Å². The molecule has 0 amide bonds. The summed E-state index contributed by atoms with van der Waals surface area (Å²) >= 11 is 0. The first-order chi connectivity index (χ1) is 8.65. The zero-order valence-electron chi connectivity index (χ0n) is 11.2. The number of aromatic nitrogens is 1. The van der Waals surface area contributed by atoms with Gasteiger partial charge in [-0.1, -0.05) is 18.9 Å². The maximum Gasteiger partial charge on any atom is 0.0731 e. The molecule has 3 rings (SSSR count). The van der Waals surface area contributed by atoms with Crippen molar-refractivity contribution in [2.24, 2.45) is 0 Å². The predicted octanol–water partition coefficient (Wildman–Crippen LogP) is 4.09. The van der Waals surface area contributed by atoms with Crippen LogP contribution in [0.4, 0.5) is 5.69 Å². The quantitative estimate of drug-likeness (QED) is 0.815. The van der Waals surface area contributed by atoms with Crippen LogP contribution in [0.15, 0.2) is 18.2 Å². The van der Waals surface area contributed by atoms with E-state index >= 15 is 0 Å². The molecule has 2 aromatic rings. The molecule has 0 saturated heterocycles. The van der Waals surface area contributed by atoms with Crippen molar-refractivity contribution in [3.8, 4) is 0 Å². The summed E-state index contributed by atoms with van der Waals surface area (Å²) in [6.45, 7) is 4.23. The van der Waals surface area contributed by atoms with Gasteiger partial charge in [-0.15, -0.1) is 0 Å². The third-order valence-corrected chi connectivity index (χ3v) is 4.07. The van der Waals surface area contributed by atoms with Crippen molar-refractivity contribution in [1.29, 1.82) is 0 Å². The van der Waals surface area contributed by atoms with Gasteiger partial charge in [0.15, 0.2) is 0 Å². The highest BCUT2D eigenvalue weighted by Gasteiger charge is 2.19. The molecular weight excluding hydrogens is 220 g/mol. The Kier molecular flexibility index (Phi) is 2.73. The highest BCUT2D eigenvalue weighted by molar-refractivity contribution is 5.93. The van der Waals surface area contributed by atoms with Gasteiger partial charge in [-0.25, -0.2) is 0 Å². The number of benzene rings is 1. The Morgan fingerprint density at radius 3 is 2.56 bits per heavy atom. The minimum atomic E-state index is 0.623. The van der Waals surface area contributed by atoms with Gasteiger partial charge in [-0.2, -0.15) is 0 Å². The fourth-order valence-corrected chi connectivity index (χ4v) is 3.24. The third-order valence-electron chi connectivity index (χ3n) is 4.07. The Labute approximate surface area is 108 Å². The lowest BCUT2D eigenvalue weighted by molar-refractivity contribution is 0.701. The van der Waals surface area contributed by atoms with Crippen LogP contribution in [0.2, 0.25) is 0 Å². The monoisotopic (exact) mass is 240 g/mol. The molecule has 94 valence electrons. The van der Waals surface area contributed by atoms with E-state index in [1.165, 1.54) is 42.5 Å². The van der Waals surface area contributed by atoms with Gasteiger partial charge in [0.1, 0.15) is 0 Å². The summed E-state index contributed by atoms with van der Waals surface area (Å²) in [4.78, 5) is 4.86. The van der Waals surface area contributed by atoms with Crippen molar-refractivity contribution in [2.45, 2.75) is 45.4 Å². The lowest BCUT2D eigenvalue weighted by Crippen LogP contribution is -2.01. The van der Waals surface area contributed by atoms with Gasteiger partial charge in [-0.3, -0.25) is 4.98 Å². The van der Waals surface area contributed by atoms with Crippen molar-refractivity contribution in [3.63, 3.8) is 0 Å². The second kappa shape index (κ2) is 4.27. The second-order valence-electron chi connectivity index (χ2n) is 5.59. The number of anilines is 1. The van der Waals surface area contributed by atoms with E-state index in [1.807, 2.05) is 0 Å². The summed E-state index contributed by atoms with van der Waals surface area (Å²) in [5, 5.41) is 1.13. The molecule has 0 aliphatic heterocycles. The van der Waals surface area contributed by atoms with E-state index in [2.05, 4.69) is 32.0 Å². The molecular formula is C16H20N2. The second-order valence-corrected chi connectivity index (χ2v) is 5.59. The average molecular weight is 240 g/mol. The van der Waals surface area contributed by atoms with E-state index in [0.29, 0.717) is 5.92 Å². The molecule has 2 heteroatoms. The maximum atomic E-state index is 6.24. The molecule has 1 aromatic carbocycles. The number of nitrogen functional groups attached to an aromatic ring is 1. The normalized spacial score (nSPS) is 16.6.